The van der Waals surface area contributed by atoms with E-state index < -0.39 is 0 Å². The predicted molar refractivity (Wildman–Crippen MR) is 75.2 cm³/mol. The quantitative estimate of drug-likeness (QED) is 0.857. The number of hydrogen-bond acceptors (Lipinski definition) is 4. The van der Waals surface area contributed by atoms with Gasteiger partial charge in [0, 0.05) is 18.7 Å². The maximum absolute atomic E-state index is 12.5. The lowest BCUT2D eigenvalue weighted by Gasteiger charge is -2.26. The summed E-state index contributed by atoms with van der Waals surface area (Å²) in [5.41, 5.74) is 0.920. The van der Waals surface area contributed by atoms with Gasteiger partial charge in [0.05, 0.1) is 19.5 Å². The Hall–Kier alpha value is -2.47. The van der Waals surface area contributed by atoms with Crippen molar-refractivity contribution in [2.45, 2.75) is 0 Å². The van der Waals surface area contributed by atoms with E-state index in [2.05, 4.69) is 9.97 Å². The van der Waals surface area contributed by atoms with Gasteiger partial charge in [0.15, 0.2) is 0 Å². The van der Waals surface area contributed by atoms with E-state index >= 15 is 0 Å². The molecule has 6 heteroatoms. The molecule has 1 fully saturated rings. The Morgan fingerprint density at radius 3 is 2.57 bits per heavy atom. The summed E-state index contributed by atoms with van der Waals surface area (Å²) in [6, 6.07) is 8.81. The largest absolute Gasteiger partial charge is 0.378 e. The fraction of sp³-hybridized carbons (Fsp3) is 0.267. The van der Waals surface area contributed by atoms with E-state index in [0.29, 0.717) is 31.9 Å². The second-order valence-electron chi connectivity index (χ2n) is 4.73. The lowest BCUT2D eigenvalue weighted by Crippen LogP contribution is -2.41. The van der Waals surface area contributed by atoms with Gasteiger partial charge < -0.3 is 14.6 Å². The number of carbonyl (C=O) groups is 2. The smallest absolute Gasteiger partial charge is 0.272 e. The van der Waals surface area contributed by atoms with E-state index in [1.807, 2.05) is 6.07 Å². The van der Waals surface area contributed by atoms with Crippen LogP contribution in [0.5, 0.6) is 0 Å². The minimum atomic E-state index is -0.256. The van der Waals surface area contributed by atoms with Crippen molar-refractivity contribution in [2.75, 3.05) is 26.3 Å². The third-order valence-electron chi connectivity index (χ3n) is 3.40. The van der Waals surface area contributed by atoms with E-state index in [1.54, 1.807) is 29.2 Å². The highest BCUT2D eigenvalue weighted by Gasteiger charge is 2.26. The summed E-state index contributed by atoms with van der Waals surface area (Å²) in [6.07, 6.45) is 1.38. The highest BCUT2D eigenvalue weighted by atomic mass is 16.5. The number of ketones is 1. The summed E-state index contributed by atoms with van der Waals surface area (Å²) in [7, 11) is 0. The maximum Gasteiger partial charge on any atom is 0.272 e. The number of aromatic nitrogens is 2. The van der Waals surface area contributed by atoms with Crippen molar-refractivity contribution in [3.8, 4) is 0 Å². The van der Waals surface area contributed by atoms with Crippen LogP contribution in [-0.2, 0) is 4.74 Å². The average molecular weight is 285 g/mol. The molecule has 1 aromatic carbocycles. The van der Waals surface area contributed by atoms with E-state index in [1.165, 1.54) is 6.33 Å². The first-order chi connectivity index (χ1) is 10.3. The molecule has 0 radical (unpaired) electrons. The van der Waals surface area contributed by atoms with Crippen LogP contribution in [0.1, 0.15) is 26.5 Å². The van der Waals surface area contributed by atoms with Crippen molar-refractivity contribution in [2.24, 2.45) is 0 Å². The lowest BCUT2D eigenvalue weighted by molar-refractivity contribution is 0.0298. The molecule has 1 N–H and O–H groups in total. The van der Waals surface area contributed by atoms with Crippen LogP contribution >= 0.6 is 0 Å². The van der Waals surface area contributed by atoms with Gasteiger partial charge in [0.1, 0.15) is 11.4 Å². The standard InChI is InChI=1S/C15H15N3O3/c19-14(11-4-2-1-3-5-11)12-13(17-10-16-12)15(20)18-6-8-21-9-7-18/h1-5,10H,6-9H2,(H,16,17). The van der Waals surface area contributed by atoms with E-state index in [4.69, 9.17) is 4.74 Å². The van der Waals surface area contributed by atoms with Gasteiger partial charge in [-0.2, -0.15) is 0 Å². The number of benzene rings is 1. The number of amides is 1. The molecule has 2 heterocycles. The first-order valence-corrected chi connectivity index (χ1v) is 6.77. The normalized spacial score (nSPS) is 15.0. The van der Waals surface area contributed by atoms with Crippen LogP contribution in [0.4, 0.5) is 0 Å². The molecule has 0 bridgehead atoms. The van der Waals surface area contributed by atoms with E-state index in [0.717, 1.165) is 0 Å². The molecule has 1 aliphatic rings. The van der Waals surface area contributed by atoms with Crippen LogP contribution in [0, 0.1) is 0 Å². The van der Waals surface area contributed by atoms with Crippen molar-refractivity contribution >= 4 is 11.7 Å². The van der Waals surface area contributed by atoms with Crippen molar-refractivity contribution in [1.29, 1.82) is 0 Å². The average Bonchev–Trinajstić information content (AvgIpc) is 3.04. The van der Waals surface area contributed by atoms with Crippen LogP contribution in [0.3, 0.4) is 0 Å². The van der Waals surface area contributed by atoms with Gasteiger partial charge in [-0.25, -0.2) is 4.98 Å². The zero-order valence-electron chi connectivity index (χ0n) is 11.4. The molecule has 0 atom stereocenters. The fourth-order valence-corrected chi connectivity index (χ4v) is 2.28. The number of aromatic amines is 1. The van der Waals surface area contributed by atoms with Crippen LogP contribution in [-0.4, -0.2) is 52.9 Å². The molecule has 108 valence electrons. The summed E-state index contributed by atoms with van der Waals surface area (Å²) in [5.74, 6) is -0.469. The number of carbonyl (C=O) groups excluding carboxylic acids is 2. The minimum absolute atomic E-state index is 0.165. The molecular formula is C15H15N3O3. The topological polar surface area (TPSA) is 75.3 Å². The van der Waals surface area contributed by atoms with Gasteiger partial charge in [-0.05, 0) is 0 Å². The first kappa shape index (κ1) is 13.5. The number of nitrogens with zero attached hydrogens (tertiary/aromatic N) is 2. The van der Waals surface area contributed by atoms with E-state index in [-0.39, 0.29) is 23.1 Å². The molecule has 1 aromatic heterocycles. The van der Waals surface area contributed by atoms with Crippen LogP contribution in [0.15, 0.2) is 36.7 Å². The molecule has 0 spiro atoms. The summed E-state index contributed by atoms with van der Waals surface area (Å²) in [4.78, 5) is 33.4. The molecular weight excluding hydrogens is 270 g/mol. The Bertz CT molecular complexity index is 645. The molecule has 0 saturated carbocycles. The molecule has 0 aliphatic carbocycles. The Balaban J connectivity index is 1.87. The van der Waals surface area contributed by atoms with Crippen LogP contribution < -0.4 is 0 Å². The molecule has 1 saturated heterocycles. The fourth-order valence-electron chi connectivity index (χ4n) is 2.28. The highest BCUT2D eigenvalue weighted by Crippen LogP contribution is 2.14. The Morgan fingerprint density at radius 2 is 1.86 bits per heavy atom. The number of hydrogen-bond donors (Lipinski definition) is 1. The number of H-pyrrole nitrogens is 1. The highest BCUT2D eigenvalue weighted by molar-refractivity contribution is 6.13. The summed E-state index contributed by atoms with van der Waals surface area (Å²) in [6.45, 7) is 2.08. The zero-order chi connectivity index (χ0) is 14.7. The summed E-state index contributed by atoms with van der Waals surface area (Å²) < 4.78 is 5.23. The molecule has 6 nitrogen and oxygen atoms in total. The molecule has 2 aromatic rings. The zero-order valence-corrected chi connectivity index (χ0v) is 11.4. The van der Waals surface area contributed by atoms with Gasteiger partial charge in [-0.15, -0.1) is 0 Å². The van der Waals surface area contributed by atoms with Gasteiger partial charge in [-0.1, -0.05) is 30.3 Å². The maximum atomic E-state index is 12.5. The Kier molecular flexibility index (Phi) is 3.79. The Morgan fingerprint density at radius 1 is 1.14 bits per heavy atom. The summed E-state index contributed by atoms with van der Waals surface area (Å²) >= 11 is 0. The number of rotatable bonds is 3. The van der Waals surface area contributed by atoms with Crippen molar-refractivity contribution in [1.82, 2.24) is 14.9 Å². The first-order valence-electron chi connectivity index (χ1n) is 6.77. The van der Waals surface area contributed by atoms with Crippen LogP contribution in [0.25, 0.3) is 0 Å². The van der Waals surface area contributed by atoms with E-state index in [9.17, 15) is 9.59 Å². The molecule has 3 rings (SSSR count). The van der Waals surface area contributed by atoms with Gasteiger partial charge in [0.2, 0.25) is 5.78 Å². The summed E-state index contributed by atoms with van der Waals surface area (Å²) in [5, 5.41) is 0. The molecule has 1 amide bonds. The molecule has 0 unspecified atom stereocenters. The van der Waals surface area contributed by atoms with Gasteiger partial charge >= 0.3 is 0 Å². The third-order valence-corrected chi connectivity index (χ3v) is 3.40. The number of ether oxygens (including phenoxy) is 1. The second-order valence-corrected chi connectivity index (χ2v) is 4.73. The second kappa shape index (κ2) is 5.88. The number of morpholine rings is 1. The van der Waals surface area contributed by atoms with Crippen molar-refractivity contribution < 1.29 is 14.3 Å². The lowest BCUT2D eigenvalue weighted by atomic mass is 10.1. The van der Waals surface area contributed by atoms with Gasteiger partial charge in [0.25, 0.3) is 5.91 Å². The minimum Gasteiger partial charge on any atom is -0.378 e. The predicted octanol–water partition coefficient (Wildman–Crippen LogP) is 1.11. The van der Waals surface area contributed by atoms with Gasteiger partial charge in [-0.3, -0.25) is 9.59 Å². The van der Waals surface area contributed by atoms with Crippen molar-refractivity contribution in [3.63, 3.8) is 0 Å². The third kappa shape index (κ3) is 2.71. The number of nitrogens with one attached hydrogen (secondary N) is 1. The van der Waals surface area contributed by atoms with Crippen LogP contribution in [0.2, 0.25) is 0 Å². The SMILES string of the molecule is O=C(c1ccccc1)c1nc[nH]c1C(=O)N1CCOCC1. The van der Waals surface area contributed by atoms with Crippen molar-refractivity contribution in [3.05, 3.63) is 53.6 Å². The number of imidazole rings is 1. The monoisotopic (exact) mass is 285 g/mol. The molecule has 21 heavy (non-hydrogen) atoms. The molecule has 1 aliphatic heterocycles. The Labute approximate surface area is 121 Å².